The molecule has 1 aromatic heterocycles. The van der Waals surface area contributed by atoms with Gasteiger partial charge in [0.15, 0.2) is 5.82 Å². The molecule has 2 nitrogen and oxygen atoms in total. The molecule has 1 aromatic rings. The molecule has 0 atom stereocenters. The van der Waals surface area contributed by atoms with E-state index in [2.05, 4.69) is 10.9 Å². The molecule has 0 aliphatic rings. The molecule has 0 unspecified atom stereocenters. The van der Waals surface area contributed by atoms with Crippen molar-refractivity contribution in [2.24, 2.45) is 0 Å². The summed E-state index contributed by atoms with van der Waals surface area (Å²) in [6, 6.07) is 1.17. The van der Waals surface area contributed by atoms with Gasteiger partial charge >= 0.3 is 0 Å². The zero-order chi connectivity index (χ0) is 8.27. The van der Waals surface area contributed by atoms with E-state index in [4.69, 9.17) is 11.5 Å². The Morgan fingerprint density at radius 1 is 1.73 bits per heavy atom. The van der Waals surface area contributed by atoms with Crippen molar-refractivity contribution in [3.8, 4) is 12.3 Å². The molecule has 56 valence electrons. The summed E-state index contributed by atoms with van der Waals surface area (Å²) in [5.74, 6) is 1.51. The fourth-order valence-corrected chi connectivity index (χ4v) is 0.670. The van der Waals surface area contributed by atoms with Crippen LogP contribution in [0.5, 0.6) is 0 Å². The average Bonchev–Trinajstić information content (AvgIpc) is 2.04. The number of pyridine rings is 1. The Bertz CT molecular complexity index is 303. The van der Waals surface area contributed by atoms with Crippen LogP contribution in [-0.2, 0) is 6.61 Å². The number of hydrogen-bond donors (Lipinski definition) is 1. The second kappa shape index (κ2) is 3.13. The van der Waals surface area contributed by atoms with Crippen LogP contribution >= 0.6 is 0 Å². The summed E-state index contributed by atoms with van der Waals surface area (Å²) in [6.45, 7) is -0.227. The summed E-state index contributed by atoms with van der Waals surface area (Å²) >= 11 is 0. The second-order valence-corrected chi connectivity index (χ2v) is 1.98. The van der Waals surface area contributed by atoms with Gasteiger partial charge in [-0.15, -0.1) is 6.42 Å². The van der Waals surface area contributed by atoms with E-state index in [9.17, 15) is 4.39 Å². The minimum atomic E-state index is -0.570. The molecule has 0 aliphatic carbocycles. The quantitative estimate of drug-likeness (QED) is 0.599. The Morgan fingerprint density at radius 2 is 2.45 bits per heavy atom. The number of nitrogens with zero attached hydrogens (tertiary/aromatic N) is 1. The highest BCUT2D eigenvalue weighted by atomic mass is 19.1. The smallest absolute Gasteiger partial charge is 0.157 e. The van der Waals surface area contributed by atoms with Crippen molar-refractivity contribution in [2.75, 3.05) is 0 Å². The van der Waals surface area contributed by atoms with E-state index in [1.165, 1.54) is 12.3 Å². The summed E-state index contributed by atoms with van der Waals surface area (Å²) in [5, 5.41) is 8.57. The number of rotatable bonds is 1. The highest BCUT2D eigenvalue weighted by Gasteiger charge is 2.00. The van der Waals surface area contributed by atoms with E-state index in [-0.39, 0.29) is 12.3 Å². The van der Waals surface area contributed by atoms with E-state index >= 15 is 0 Å². The molecule has 1 rings (SSSR count). The Hall–Kier alpha value is -1.40. The number of aromatic nitrogens is 1. The van der Waals surface area contributed by atoms with Gasteiger partial charge in [0, 0.05) is 6.20 Å². The summed E-state index contributed by atoms with van der Waals surface area (Å²) in [6.07, 6.45) is 6.27. The topological polar surface area (TPSA) is 33.1 Å². The Morgan fingerprint density at radius 3 is 2.91 bits per heavy atom. The van der Waals surface area contributed by atoms with E-state index in [0.29, 0.717) is 5.56 Å². The van der Waals surface area contributed by atoms with Crippen LogP contribution in [0.15, 0.2) is 12.3 Å². The first-order valence-corrected chi connectivity index (χ1v) is 3.00. The van der Waals surface area contributed by atoms with Crippen molar-refractivity contribution in [3.05, 3.63) is 29.3 Å². The van der Waals surface area contributed by atoms with Crippen LogP contribution in [-0.4, -0.2) is 10.1 Å². The van der Waals surface area contributed by atoms with E-state index in [0.717, 1.165) is 0 Å². The van der Waals surface area contributed by atoms with Gasteiger partial charge in [-0.3, -0.25) is 0 Å². The predicted octanol–water partition coefficient (Wildman–Crippen LogP) is 0.694. The third-order valence-electron chi connectivity index (χ3n) is 1.22. The van der Waals surface area contributed by atoms with E-state index < -0.39 is 5.82 Å². The lowest BCUT2D eigenvalue weighted by molar-refractivity contribution is 0.280. The molecule has 0 aromatic carbocycles. The fraction of sp³-hybridized carbons (Fsp3) is 0.125. The van der Waals surface area contributed by atoms with Gasteiger partial charge in [-0.2, -0.15) is 0 Å². The maximum atomic E-state index is 12.7. The van der Waals surface area contributed by atoms with Gasteiger partial charge in [0.05, 0.1) is 6.61 Å². The van der Waals surface area contributed by atoms with Crippen LogP contribution in [0.4, 0.5) is 4.39 Å². The molecule has 0 radical (unpaired) electrons. The summed E-state index contributed by atoms with van der Waals surface area (Å²) in [7, 11) is 0. The van der Waals surface area contributed by atoms with Crippen molar-refractivity contribution in [2.45, 2.75) is 6.61 Å². The van der Waals surface area contributed by atoms with E-state index in [1.807, 2.05) is 0 Å². The molecule has 0 bridgehead atoms. The Labute approximate surface area is 63.7 Å². The molecule has 0 saturated carbocycles. The molecular weight excluding hydrogens is 145 g/mol. The minimum Gasteiger partial charge on any atom is -0.392 e. The maximum Gasteiger partial charge on any atom is 0.157 e. The first-order chi connectivity index (χ1) is 5.27. The Kier molecular flexibility index (Phi) is 2.19. The average molecular weight is 151 g/mol. The van der Waals surface area contributed by atoms with Crippen molar-refractivity contribution in [3.63, 3.8) is 0 Å². The largest absolute Gasteiger partial charge is 0.392 e. The molecule has 0 spiro atoms. The summed E-state index contributed by atoms with van der Waals surface area (Å²) < 4.78 is 12.7. The first kappa shape index (κ1) is 7.70. The van der Waals surface area contributed by atoms with Crippen molar-refractivity contribution >= 4 is 0 Å². The number of halogens is 1. The monoisotopic (exact) mass is 151 g/mol. The van der Waals surface area contributed by atoms with Gasteiger partial charge in [-0.05, 0) is 17.6 Å². The molecule has 0 amide bonds. The highest BCUT2D eigenvalue weighted by molar-refractivity contribution is 5.27. The van der Waals surface area contributed by atoms with Gasteiger partial charge in [0.1, 0.15) is 5.69 Å². The third-order valence-corrected chi connectivity index (χ3v) is 1.22. The van der Waals surface area contributed by atoms with E-state index in [1.54, 1.807) is 0 Å². The molecule has 1 heterocycles. The van der Waals surface area contributed by atoms with Crippen molar-refractivity contribution in [1.82, 2.24) is 4.98 Å². The van der Waals surface area contributed by atoms with Gasteiger partial charge in [0.2, 0.25) is 0 Å². The normalized spacial score (nSPS) is 9.18. The lowest BCUT2D eigenvalue weighted by Crippen LogP contribution is -1.92. The standard InChI is InChI=1S/C8H6FNO/c1-2-8-7(9)3-6(5-11)4-10-8/h1,3-4,11H,5H2. The Balaban J connectivity index is 3.12. The van der Waals surface area contributed by atoms with Crippen LogP contribution in [0.3, 0.4) is 0 Å². The zero-order valence-electron chi connectivity index (χ0n) is 5.71. The molecular formula is C8H6FNO. The SMILES string of the molecule is C#Cc1ncc(CO)cc1F. The van der Waals surface area contributed by atoms with Crippen LogP contribution < -0.4 is 0 Å². The van der Waals surface area contributed by atoms with Gasteiger partial charge in [0.25, 0.3) is 0 Å². The lowest BCUT2D eigenvalue weighted by atomic mass is 10.2. The molecule has 0 fully saturated rings. The predicted molar refractivity (Wildman–Crippen MR) is 38.1 cm³/mol. The van der Waals surface area contributed by atoms with Crippen LogP contribution in [0.1, 0.15) is 11.3 Å². The van der Waals surface area contributed by atoms with Gasteiger partial charge in [-0.1, -0.05) is 0 Å². The number of aliphatic hydroxyl groups is 1. The molecule has 0 saturated heterocycles. The highest BCUT2D eigenvalue weighted by Crippen LogP contribution is 2.05. The van der Waals surface area contributed by atoms with Crippen LogP contribution in [0.2, 0.25) is 0 Å². The molecule has 3 heteroatoms. The fourth-order valence-electron chi connectivity index (χ4n) is 0.670. The number of aliphatic hydroxyl groups excluding tert-OH is 1. The summed E-state index contributed by atoms with van der Waals surface area (Å²) in [4.78, 5) is 3.60. The van der Waals surface area contributed by atoms with Crippen molar-refractivity contribution < 1.29 is 9.50 Å². The number of hydrogen-bond acceptors (Lipinski definition) is 2. The first-order valence-electron chi connectivity index (χ1n) is 3.00. The van der Waals surface area contributed by atoms with Crippen molar-refractivity contribution in [1.29, 1.82) is 0 Å². The second-order valence-electron chi connectivity index (χ2n) is 1.98. The van der Waals surface area contributed by atoms with Gasteiger partial charge < -0.3 is 5.11 Å². The van der Waals surface area contributed by atoms with Crippen LogP contribution in [0, 0.1) is 18.2 Å². The third kappa shape index (κ3) is 1.54. The summed E-state index contributed by atoms with van der Waals surface area (Å²) in [5.41, 5.74) is 0.392. The molecule has 1 N–H and O–H groups in total. The lowest BCUT2D eigenvalue weighted by Gasteiger charge is -1.96. The zero-order valence-corrected chi connectivity index (χ0v) is 5.71. The maximum absolute atomic E-state index is 12.7. The molecule has 0 aliphatic heterocycles. The number of terminal acetylenes is 1. The molecule has 11 heavy (non-hydrogen) atoms. The minimum absolute atomic E-state index is 0.0257. The van der Waals surface area contributed by atoms with Crippen LogP contribution in [0.25, 0.3) is 0 Å². The van der Waals surface area contributed by atoms with Gasteiger partial charge in [-0.25, -0.2) is 9.37 Å².